The number of amides is 2. The van der Waals surface area contributed by atoms with E-state index in [1.54, 1.807) is 17.9 Å². The van der Waals surface area contributed by atoms with Crippen molar-refractivity contribution in [3.63, 3.8) is 0 Å². The van der Waals surface area contributed by atoms with Gasteiger partial charge in [-0.15, -0.1) is 0 Å². The van der Waals surface area contributed by atoms with E-state index in [4.69, 9.17) is 0 Å². The number of aliphatic hydroxyl groups is 1. The summed E-state index contributed by atoms with van der Waals surface area (Å²) in [7, 11) is 0. The molecular formula is C23H31N5O5. The molecule has 1 aliphatic carbocycles. The Kier molecular flexibility index (Phi) is 6.04. The third-order valence-electron chi connectivity index (χ3n) is 6.16. The van der Waals surface area contributed by atoms with Crippen molar-refractivity contribution in [1.82, 2.24) is 24.4 Å². The topological polar surface area (TPSA) is 129 Å². The zero-order chi connectivity index (χ0) is 23.9. The number of rotatable bonds is 6. The van der Waals surface area contributed by atoms with Crippen molar-refractivity contribution in [1.29, 1.82) is 0 Å². The van der Waals surface area contributed by atoms with Gasteiger partial charge >= 0.3 is 0 Å². The minimum atomic E-state index is -0.753. The van der Waals surface area contributed by atoms with Crippen molar-refractivity contribution in [2.45, 2.75) is 64.6 Å². The van der Waals surface area contributed by atoms with Gasteiger partial charge in [-0.2, -0.15) is 9.61 Å². The molecule has 3 heterocycles. The van der Waals surface area contributed by atoms with E-state index in [1.165, 1.54) is 16.8 Å². The maximum Gasteiger partial charge on any atom is 0.291 e. The molecule has 1 saturated carbocycles. The number of likely N-dealkylation sites (tertiary alicyclic amines) is 1. The fourth-order valence-electron chi connectivity index (χ4n) is 4.03. The molecule has 4 rings (SSSR count). The summed E-state index contributed by atoms with van der Waals surface area (Å²) in [5, 5.41) is 27.9. The summed E-state index contributed by atoms with van der Waals surface area (Å²) < 4.78 is 2.61. The number of hydrogen-bond donors (Lipinski definition) is 3. The molecule has 3 N–H and O–H groups in total. The van der Waals surface area contributed by atoms with Crippen LogP contribution in [0.5, 0.6) is 5.88 Å². The van der Waals surface area contributed by atoms with Gasteiger partial charge in [-0.25, -0.2) is 0 Å². The normalized spacial score (nSPS) is 18.4. The average molecular weight is 458 g/mol. The van der Waals surface area contributed by atoms with Crippen LogP contribution in [0.15, 0.2) is 17.1 Å². The SMILES string of the molecule is CC(C)Cn1c(O)c(C(=O)NC2CC2)c(=O)n2ncc(C=CC(=O)N3CCC(C)(O)CC3)c12. The van der Waals surface area contributed by atoms with Crippen molar-refractivity contribution in [3.8, 4) is 5.88 Å². The number of carbonyl (C=O) groups excluding carboxylic acids is 2. The van der Waals surface area contributed by atoms with Crippen LogP contribution in [-0.4, -0.2) is 65.8 Å². The van der Waals surface area contributed by atoms with Gasteiger partial charge in [0.05, 0.1) is 11.8 Å². The van der Waals surface area contributed by atoms with E-state index in [2.05, 4.69) is 10.4 Å². The van der Waals surface area contributed by atoms with Crippen LogP contribution in [-0.2, 0) is 11.3 Å². The zero-order valence-corrected chi connectivity index (χ0v) is 19.2. The first kappa shape index (κ1) is 23.0. The molecule has 1 saturated heterocycles. The quantitative estimate of drug-likeness (QED) is 0.558. The molecule has 2 fully saturated rings. The lowest BCUT2D eigenvalue weighted by molar-refractivity contribution is -0.129. The molecule has 2 aromatic heterocycles. The first-order valence-corrected chi connectivity index (χ1v) is 11.4. The summed E-state index contributed by atoms with van der Waals surface area (Å²) in [6.07, 6.45) is 7.15. The van der Waals surface area contributed by atoms with Crippen molar-refractivity contribution in [3.05, 3.63) is 33.8 Å². The van der Waals surface area contributed by atoms with E-state index in [-0.39, 0.29) is 23.4 Å². The van der Waals surface area contributed by atoms with Crippen molar-refractivity contribution < 1.29 is 19.8 Å². The molecule has 10 heteroatoms. The summed E-state index contributed by atoms with van der Waals surface area (Å²) in [4.78, 5) is 40.0. The van der Waals surface area contributed by atoms with E-state index in [1.807, 2.05) is 13.8 Å². The first-order valence-electron chi connectivity index (χ1n) is 11.4. The summed E-state index contributed by atoms with van der Waals surface area (Å²) in [6, 6.07) is 0.0335. The van der Waals surface area contributed by atoms with Gasteiger partial charge in [0.1, 0.15) is 5.65 Å². The lowest BCUT2D eigenvalue weighted by Crippen LogP contribution is -2.44. The average Bonchev–Trinajstić information content (AvgIpc) is 3.44. The largest absolute Gasteiger partial charge is 0.494 e. The number of piperidine rings is 1. The molecule has 0 aromatic carbocycles. The molecule has 0 spiro atoms. The van der Waals surface area contributed by atoms with Crippen LogP contribution >= 0.6 is 0 Å². The van der Waals surface area contributed by atoms with Crippen molar-refractivity contribution in [2.24, 2.45) is 5.92 Å². The molecular weight excluding hydrogens is 426 g/mol. The van der Waals surface area contributed by atoms with Gasteiger partial charge in [-0.3, -0.25) is 19.0 Å². The Morgan fingerprint density at radius 2 is 1.97 bits per heavy atom. The number of nitrogens with one attached hydrogen (secondary N) is 1. The fraction of sp³-hybridized carbons (Fsp3) is 0.565. The predicted molar refractivity (Wildman–Crippen MR) is 122 cm³/mol. The summed E-state index contributed by atoms with van der Waals surface area (Å²) in [5.74, 6) is -1.11. The van der Waals surface area contributed by atoms with Crippen LogP contribution in [0.2, 0.25) is 0 Å². The first-order chi connectivity index (χ1) is 15.6. The van der Waals surface area contributed by atoms with E-state index in [0.29, 0.717) is 43.7 Å². The molecule has 2 aliphatic rings. The van der Waals surface area contributed by atoms with E-state index < -0.39 is 22.9 Å². The zero-order valence-electron chi connectivity index (χ0n) is 19.2. The van der Waals surface area contributed by atoms with Crippen molar-refractivity contribution in [2.75, 3.05) is 13.1 Å². The maximum absolute atomic E-state index is 13.0. The number of hydrogen-bond acceptors (Lipinski definition) is 6. The predicted octanol–water partition coefficient (Wildman–Crippen LogP) is 1.14. The molecule has 0 radical (unpaired) electrons. The maximum atomic E-state index is 13.0. The second kappa shape index (κ2) is 8.66. The third kappa shape index (κ3) is 4.80. The van der Waals surface area contributed by atoms with Crippen LogP contribution in [0.1, 0.15) is 62.4 Å². The highest BCUT2D eigenvalue weighted by Crippen LogP contribution is 2.25. The standard InChI is InChI=1S/C23H31N5O5/c1-14(2)13-27-20-15(4-7-17(29)26-10-8-23(3,33)9-11-26)12-24-28(20)22(32)18(21(27)31)19(30)25-16-5-6-16/h4,7,12,14,16,31,33H,5-6,8-11,13H2,1-3H3,(H,25,30). The van der Waals surface area contributed by atoms with Crippen LogP contribution in [0, 0.1) is 5.92 Å². The molecule has 2 aromatic rings. The van der Waals surface area contributed by atoms with Gasteiger partial charge in [0, 0.05) is 37.3 Å². The fourth-order valence-corrected chi connectivity index (χ4v) is 4.03. The minimum absolute atomic E-state index is 0.0335. The molecule has 0 bridgehead atoms. The highest BCUT2D eigenvalue weighted by molar-refractivity contribution is 5.97. The third-order valence-corrected chi connectivity index (χ3v) is 6.16. The molecule has 1 aliphatic heterocycles. The Balaban J connectivity index is 1.69. The summed E-state index contributed by atoms with van der Waals surface area (Å²) >= 11 is 0. The van der Waals surface area contributed by atoms with Gasteiger partial charge in [-0.05, 0) is 44.6 Å². The minimum Gasteiger partial charge on any atom is -0.494 e. The van der Waals surface area contributed by atoms with Crippen LogP contribution in [0.4, 0.5) is 0 Å². The van der Waals surface area contributed by atoms with Gasteiger partial charge in [0.25, 0.3) is 11.5 Å². The molecule has 2 amide bonds. The number of nitrogens with zero attached hydrogens (tertiary/aromatic N) is 4. The van der Waals surface area contributed by atoms with E-state index in [9.17, 15) is 24.6 Å². The van der Waals surface area contributed by atoms with Gasteiger partial charge < -0.3 is 20.4 Å². The molecule has 33 heavy (non-hydrogen) atoms. The number of aromatic nitrogens is 3. The Labute approximate surface area is 191 Å². The van der Waals surface area contributed by atoms with Crippen molar-refractivity contribution >= 4 is 23.5 Å². The molecule has 178 valence electrons. The monoisotopic (exact) mass is 457 g/mol. The Bertz CT molecular complexity index is 1160. The number of carbonyl (C=O) groups is 2. The second-order valence-corrected chi connectivity index (χ2v) is 9.75. The van der Waals surface area contributed by atoms with Gasteiger partial charge in [-0.1, -0.05) is 13.8 Å². The lowest BCUT2D eigenvalue weighted by atomic mass is 9.94. The van der Waals surface area contributed by atoms with Crippen LogP contribution in [0.25, 0.3) is 11.7 Å². The molecule has 0 unspecified atom stereocenters. The van der Waals surface area contributed by atoms with Gasteiger partial charge in [0.15, 0.2) is 5.56 Å². The summed E-state index contributed by atoms with van der Waals surface area (Å²) in [6.45, 7) is 6.95. The number of aromatic hydroxyl groups is 1. The van der Waals surface area contributed by atoms with E-state index >= 15 is 0 Å². The van der Waals surface area contributed by atoms with Crippen LogP contribution in [0.3, 0.4) is 0 Å². The Morgan fingerprint density at radius 3 is 2.58 bits per heavy atom. The lowest BCUT2D eigenvalue weighted by Gasteiger charge is -2.35. The molecule has 10 nitrogen and oxygen atoms in total. The summed E-state index contributed by atoms with van der Waals surface area (Å²) in [5.41, 5.74) is -0.985. The smallest absolute Gasteiger partial charge is 0.291 e. The van der Waals surface area contributed by atoms with Crippen LogP contribution < -0.4 is 10.9 Å². The number of fused-ring (bicyclic) bond motifs is 1. The highest BCUT2D eigenvalue weighted by atomic mass is 16.3. The van der Waals surface area contributed by atoms with Gasteiger partial charge in [0.2, 0.25) is 11.8 Å². The molecule has 0 atom stereocenters. The Hall–Kier alpha value is -3.14. The Morgan fingerprint density at radius 1 is 1.30 bits per heavy atom. The second-order valence-electron chi connectivity index (χ2n) is 9.75. The highest BCUT2D eigenvalue weighted by Gasteiger charge is 2.30. The van der Waals surface area contributed by atoms with E-state index in [0.717, 1.165) is 17.4 Å².